The molecule has 0 spiro atoms. The number of nitrogens with two attached hydrogens (primary N) is 1. The van der Waals surface area contributed by atoms with Crippen molar-refractivity contribution in [2.45, 2.75) is 110 Å². The molecule has 1 aromatic heterocycles. The van der Waals surface area contributed by atoms with Gasteiger partial charge in [-0.25, -0.2) is 0 Å². The first-order valence-corrected chi connectivity index (χ1v) is 19.1. The van der Waals surface area contributed by atoms with Gasteiger partial charge in [-0.3, -0.25) is 9.59 Å². The van der Waals surface area contributed by atoms with Crippen molar-refractivity contribution >= 4 is 22.8 Å². The fourth-order valence-corrected chi connectivity index (χ4v) is 7.19. The molecule has 9 nitrogen and oxygen atoms in total. The highest BCUT2D eigenvalue weighted by molar-refractivity contribution is 5.83. The first kappa shape index (κ1) is 40.2. The number of H-pyrrole nitrogens is 1. The van der Waals surface area contributed by atoms with Gasteiger partial charge < -0.3 is 34.8 Å². The van der Waals surface area contributed by atoms with Crippen LogP contribution in [-0.4, -0.2) is 65.9 Å². The third kappa shape index (κ3) is 9.75. The highest BCUT2D eigenvalue weighted by atomic mass is 16.7. The van der Waals surface area contributed by atoms with Crippen LogP contribution in [0.25, 0.3) is 10.9 Å². The molecule has 2 heterocycles. The number of ether oxygens (including phenoxy) is 4. The first-order chi connectivity index (χ1) is 25.4. The molecule has 5 atom stereocenters. The number of para-hydroxylation sites is 1. The third-order valence-corrected chi connectivity index (χ3v) is 11.0. The number of aromatic amines is 1. The van der Waals surface area contributed by atoms with Crippen molar-refractivity contribution in [3.05, 3.63) is 108 Å². The average molecular weight is 727 g/mol. The van der Waals surface area contributed by atoms with E-state index >= 15 is 0 Å². The Bertz CT molecular complexity index is 1760. The van der Waals surface area contributed by atoms with E-state index in [-0.39, 0.29) is 12.3 Å². The molecule has 5 rings (SSSR count). The number of fused-ring (bicyclic) bond motifs is 1. The summed E-state index contributed by atoms with van der Waals surface area (Å²) in [6.45, 7) is 10.0. The molecular formula is C44H58N2O7. The Balaban J connectivity index is 1.50. The maximum atomic E-state index is 14.5. The highest BCUT2D eigenvalue weighted by Crippen LogP contribution is 2.43. The molecular weight excluding hydrogens is 668 g/mol. The summed E-state index contributed by atoms with van der Waals surface area (Å²) in [5, 5.41) is 11.7. The Morgan fingerprint density at radius 3 is 2.32 bits per heavy atom. The van der Waals surface area contributed by atoms with E-state index in [0.717, 1.165) is 46.9 Å². The standard InChI is InChI=1S/C44H58N2O7/c1-31(33-19-11-7-12-20-33)43(4,5)40(49)51-37-28-44(24-23-34-29-46-36-22-14-13-21-35(34)36,41(52-38(37)30-47)50-26-16-8-15-25-45)53-39(48)42(2,3)27-32-17-9-6-10-18-32/h6-7,9-14,17-22,29,31,37-38,41,46-47H,8,15-16,23-28,30,45H2,1-5H3/t31?,37-,38+,41+,44+/m0/s1. The van der Waals surface area contributed by atoms with Gasteiger partial charge in [0.2, 0.25) is 0 Å². The van der Waals surface area contributed by atoms with Gasteiger partial charge in [-0.15, -0.1) is 0 Å². The maximum absolute atomic E-state index is 14.5. The Labute approximate surface area is 314 Å². The molecule has 0 amide bonds. The van der Waals surface area contributed by atoms with Gasteiger partial charge in [0.05, 0.1) is 17.4 Å². The Hall–Kier alpha value is -4.02. The summed E-state index contributed by atoms with van der Waals surface area (Å²) in [5.74, 6) is -1.00. The molecule has 1 aliphatic heterocycles. The van der Waals surface area contributed by atoms with Gasteiger partial charge in [-0.1, -0.05) is 85.8 Å². The molecule has 1 saturated heterocycles. The van der Waals surface area contributed by atoms with Crippen LogP contribution in [0.1, 0.15) is 89.3 Å². The first-order valence-electron chi connectivity index (χ1n) is 19.1. The van der Waals surface area contributed by atoms with Gasteiger partial charge in [0.25, 0.3) is 0 Å². The van der Waals surface area contributed by atoms with Gasteiger partial charge in [0, 0.05) is 30.1 Å². The number of hydrogen-bond acceptors (Lipinski definition) is 8. The van der Waals surface area contributed by atoms with Crippen LogP contribution in [0.4, 0.5) is 0 Å². The van der Waals surface area contributed by atoms with Crippen LogP contribution in [0.5, 0.6) is 0 Å². The van der Waals surface area contributed by atoms with E-state index in [1.165, 1.54) is 0 Å². The van der Waals surface area contributed by atoms with Crippen molar-refractivity contribution in [3.8, 4) is 0 Å². The lowest BCUT2D eigenvalue weighted by Crippen LogP contribution is -2.61. The summed E-state index contributed by atoms with van der Waals surface area (Å²) in [5.41, 5.74) is 6.65. The number of aromatic nitrogens is 1. The molecule has 1 aliphatic rings. The average Bonchev–Trinajstić information content (AvgIpc) is 3.58. The molecule has 9 heteroatoms. The summed E-state index contributed by atoms with van der Waals surface area (Å²) in [4.78, 5) is 31.9. The summed E-state index contributed by atoms with van der Waals surface area (Å²) < 4.78 is 26.1. The quantitative estimate of drug-likeness (QED) is 0.0704. The second kappa shape index (κ2) is 17.9. The summed E-state index contributed by atoms with van der Waals surface area (Å²) in [6.07, 6.45) is 3.00. The molecule has 0 aliphatic carbocycles. The molecule has 53 heavy (non-hydrogen) atoms. The fraction of sp³-hybridized carbons (Fsp3) is 0.500. The topological polar surface area (TPSA) is 133 Å². The normalized spacial score (nSPS) is 21.3. The van der Waals surface area contributed by atoms with E-state index in [4.69, 9.17) is 24.7 Å². The summed E-state index contributed by atoms with van der Waals surface area (Å²) >= 11 is 0. The Morgan fingerprint density at radius 2 is 1.62 bits per heavy atom. The largest absolute Gasteiger partial charge is 0.459 e. The van der Waals surface area contributed by atoms with Gasteiger partial charge in [0.15, 0.2) is 11.9 Å². The molecule has 1 unspecified atom stereocenters. The van der Waals surface area contributed by atoms with Crippen molar-refractivity contribution in [1.29, 1.82) is 0 Å². The van der Waals surface area contributed by atoms with Gasteiger partial charge in [0.1, 0.15) is 12.2 Å². The lowest BCUT2D eigenvalue weighted by atomic mass is 9.76. The van der Waals surface area contributed by atoms with Crippen LogP contribution in [-0.2, 0) is 41.4 Å². The van der Waals surface area contributed by atoms with Crippen molar-refractivity contribution in [2.75, 3.05) is 19.8 Å². The van der Waals surface area contributed by atoms with Crippen molar-refractivity contribution < 1.29 is 33.6 Å². The second-order valence-corrected chi connectivity index (χ2v) is 15.8. The Kier molecular flexibility index (Phi) is 13.5. The zero-order valence-electron chi connectivity index (χ0n) is 32.0. The summed E-state index contributed by atoms with van der Waals surface area (Å²) in [7, 11) is 0. The van der Waals surface area contributed by atoms with Crippen LogP contribution in [0.3, 0.4) is 0 Å². The van der Waals surface area contributed by atoms with E-state index in [0.29, 0.717) is 32.4 Å². The second-order valence-electron chi connectivity index (χ2n) is 15.8. The van der Waals surface area contributed by atoms with E-state index in [9.17, 15) is 14.7 Å². The molecule has 3 aromatic carbocycles. The number of carbonyl (C=O) groups is 2. The lowest BCUT2D eigenvalue weighted by molar-refractivity contribution is -0.317. The third-order valence-electron chi connectivity index (χ3n) is 11.0. The highest BCUT2D eigenvalue weighted by Gasteiger charge is 2.55. The van der Waals surface area contributed by atoms with Crippen molar-refractivity contribution in [3.63, 3.8) is 0 Å². The van der Waals surface area contributed by atoms with Crippen LogP contribution in [0.2, 0.25) is 0 Å². The van der Waals surface area contributed by atoms with E-state index in [1.807, 2.05) is 120 Å². The molecule has 1 fully saturated rings. The molecule has 0 radical (unpaired) electrons. The molecule has 286 valence electrons. The molecule has 0 bridgehead atoms. The zero-order valence-corrected chi connectivity index (χ0v) is 32.0. The number of carbonyl (C=O) groups excluding carboxylic acids is 2. The Morgan fingerprint density at radius 1 is 0.943 bits per heavy atom. The van der Waals surface area contributed by atoms with E-state index < -0.39 is 53.5 Å². The minimum absolute atomic E-state index is 0.0861. The fourth-order valence-electron chi connectivity index (χ4n) is 7.19. The zero-order chi connectivity index (χ0) is 38.1. The van der Waals surface area contributed by atoms with E-state index in [1.54, 1.807) is 0 Å². The number of esters is 2. The van der Waals surface area contributed by atoms with Gasteiger partial charge in [-0.05, 0) is 101 Å². The van der Waals surface area contributed by atoms with Gasteiger partial charge >= 0.3 is 11.9 Å². The van der Waals surface area contributed by atoms with Crippen molar-refractivity contribution in [2.24, 2.45) is 16.6 Å². The predicted molar refractivity (Wildman–Crippen MR) is 207 cm³/mol. The van der Waals surface area contributed by atoms with E-state index in [2.05, 4.69) is 11.1 Å². The monoisotopic (exact) mass is 726 g/mol. The number of unbranched alkanes of at least 4 members (excludes halogenated alkanes) is 2. The van der Waals surface area contributed by atoms with Gasteiger partial charge in [-0.2, -0.15) is 0 Å². The molecule has 0 saturated carbocycles. The predicted octanol–water partition coefficient (Wildman–Crippen LogP) is 7.65. The van der Waals surface area contributed by atoms with Crippen LogP contribution < -0.4 is 5.73 Å². The number of aliphatic hydroxyl groups is 1. The van der Waals surface area contributed by atoms with Crippen LogP contribution in [0.15, 0.2) is 91.1 Å². The lowest BCUT2D eigenvalue weighted by Gasteiger charge is -2.49. The van der Waals surface area contributed by atoms with Crippen LogP contribution >= 0.6 is 0 Å². The minimum Gasteiger partial charge on any atom is -0.459 e. The number of aliphatic hydroxyl groups excluding tert-OH is 1. The summed E-state index contributed by atoms with van der Waals surface area (Å²) in [6, 6.07) is 27.8. The molecule has 4 N–H and O–H groups in total. The number of nitrogens with one attached hydrogen (secondary N) is 1. The number of aryl methyl sites for hydroxylation is 1. The molecule has 4 aromatic rings. The number of hydrogen-bond donors (Lipinski definition) is 3. The number of benzene rings is 3. The van der Waals surface area contributed by atoms with Crippen molar-refractivity contribution in [1.82, 2.24) is 4.98 Å². The number of rotatable bonds is 18. The SMILES string of the molecule is CC(c1ccccc1)C(C)(C)C(=O)O[C@H]1C[C@@](CCc2c[nH]c3ccccc23)(OC(=O)C(C)(C)Cc2ccccc2)[C@H](OCCCCCN)O[C@@H]1CO. The smallest absolute Gasteiger partial charge is 0.312 e. The minimum atomic E-state index is -1.36. The maximum Gasteiger partial charge on any atom is 0.312 e. The van der Waals surface area contributed by atoms with Crippen LogP contribution in [0, 0.1) is 10.8 Å².